The van der Waals surface area contributed by atoms with Gasteiger partial charge in [-0.1, -0.05) is 59.2 Å². The summed E-state index contributed by atoms with van der Waals surface area (Å²) in [5.74, 6) is -2.29. The van der Waals surface area contributed by atoms with Crippen LogP contribution in [-0.2, 0) is 14.3 Å². The number of allylic oxidation sites excluding steroid dienone is 2. The average molecular weight is 619 g/mol. The molecule has 5 aliphatic carbocycles. The first-order chi connectivity index (χ1) is 20.8. The van der Waals surface area contributed by atoms with Crippen LogP contribution in [0.3, 0.4) is 0 Å². The molecule has 0 radical (unpaired) electrons. The summed E-state index contributed by atoms with van der Waals surface area (Å²) in [6.45, 7) is 15.5. The predicted octanol–water partition coefficient (Wildman–Crippen LogP) is 7.98. The van der Waals surface area contributed by atoms with Crippen molar-refractivity contribution in [2.75, 3.05) is 0 Å². The molecule has 45 heavy (non-hydrogen) atoms. The molecule has 244 valence electrons. The van der Waals surface area contributed by atoms with E-state index in [1.807, 2.05) is 13.0 Å². The van der Waals surface area contributed by atoms with Gasteiger partial charge in [0.25, 0.3) is 0 Å². The fourth-order valence-corrected chi connectivity index (χ4v) is 11.6. The van der Waals surface area contributed by atoms with E-state index in [-0.39, 0.29) is 56.3 Å². The van der Waals surface area contributed by atoms with E-state index in [9.17, 15) is 29.4 Å². The lowest BCUT2D eigenvalue weighted by Crippen LogP contribution is -2.66. The number of ether oxygens (including phenoxy) is 1. The van der Waals surface area contributed by atoms with E-state index in [1.165, 1.54) is 17.7 Å². The maximum atomic E-state index is 14.6. The summed E-state index contributed by atoms with van der Waals surface area (Å²) < 4.78 is 6.13. The standard InChI is InChI=1S/C38H50O7/c1-33(2)27-12-15-38(7)29(36(27,5)14-13-28(33)45-31(42)23-11-9-8-10-22(23)30(40)41)26(39)20-24-25-21-35(4,32(43)44)17-16-34(25,3)18-19-37(24,38)6/h8-11,20,25,27-29H,12-19,21H2,1-7H3,(H,40,41)(H,43,44)/t25-,27?,28-,29?,34+,35-,36-,37?,38+/m0/s1. The molecule has 1 aromatic rings. The van der Waals surface area contributed by atoms with Gasteiger partial charge in [0.1, 0.15) is 6.10 Å². The maximum Gasteiger partial charge on any atom is 0.339 e. The lowest BCUT2D eigenvalue weighted by Gasteiger charge is -2.70. The minimum absolute atomic E-state index is 0.00800. The van der Waals surface area contributed by atoms with Crippen molar-refractivity contribution in [2.24, 2.45) is 50.2 Å². The van der Waals surface area contributed by atoms with Gasteiger partial charge in [0.15, 0.2) is 5.78 Å². The molecule has 1 aromatic carbocycles. The Labute approximate surface area is 267 Å². The Morgan fingerprint density at radius 2 is 1.47 bits per heavy atom. The van der Waals surface area contributed by atoms with Gasteiger partial charge in [-0.05, 0) is 116 Å². The second-order valence-corrected chi connectivity index (χ2v) is 17.2. The van der Waals surface area contributed by atoms with Crippen LogP contribution < -0.4 is 0 Å². The fourth-order valence-electron chi connectivity index (χ4n) is 11.6. The van der Waals surface area contributed by atoms with Crippen molar-refractivity contribution in [3.05, 3.63) is 47.0 Å². The van der Waals surface area contributed by atoms with Gasteiger partial charge in [0.05, 0.1) is 16.5 Å². The first-order valence-electron chi connectivity index (χ1n) is 16.9. The monoisotopic (exact) mass is 618 g/mol. The van der Waals surface area contributed by atoms with Gasteiger partial charge in [-0.15, -0.1) is 0 Å². The number of carbonyl (C=O) groups is 4. The second kappa shape index (κ2) is 10.0. The largest absolute Gasteiger partial charge is 0.481 e. The second-order valence-electron chi connectivity index (χ2n) is 17.2. The van der Waals surface area contributed by atoms with Crippen LogP contribution in [0.4, 0.5) is 0 Å². The molecule has 4 saturated carbocycles. The number of hydrogen-bond acceptors (Lipinski definition) is 5. The van der Waals surface area contributed by atoms with Crippen LogP contribution in [0.1, 0.15) is 127 Å². The molecule has 0 amide bonds. The highest BCUT2D eigenvalue weighted by Crippen LogP contribution is 2.75. The molecular weight excluding hydrogens is 568 g/mol. The molecule has 0 bridgehead atoms. The van der Waals surface area contributed by atoms with Crippen LogP contribution in [0, 0.1) is 50.2 Å². The summed E-state index contributed by atoms with van der Waals surface area (Å²) in [7, 11) is 0. The van der Waals surface area contributed by atoms with Crippen molar-refractivity contribution in [1.82, 2.24) is 0 Å². The SMILES string of the molecule is CC1(C)C2CC[C@]3(C)C(C(=O)C=C4[C@@H]5C[C@@](C)(C(=O)O)CC[C@]5(C)CCC43C)[C@@]2(C)CC[C@@H]1OC(=O)c1ccccc1C(=O)O. The molecule has 9 atom stereocenters. The summed E-state index contributed by atoms with van der Waals surface area (Å²) in [4.78, 5) is 52.1. The molecule has 5 aliphatic rings. The van der Waals surface area contributed by atoms with E-state index >= 15 is 0 Å². The van der Waals surface area contributed by atoms with Crippen LogP contribution in [-0.4, -0.2) is 40.0 Å². The number of esters is 1. The molecule has 3 unspecified atom stereocenters. The average Bonchev–Trinajstić information content (AvgIpc) is 2.96. The van der Waals surface area contributed by atoms with E-state index in [4.69, 9.17) is 4.74 Å². The van der Waals surface area contributed by atoms with Gasteiger partial charge >= 0.3 is 17.9 Å². The summed E-state index contributed by atoms with van der Waals surface area (Å²) in [6, 6.07) is 6.17. The number of hydrogen-bond donors (Lipinski definition) is 2. The van der Waals surface area contributed by atoms with Crippen molar-refractivity contribution < 1.29 is 34.1 Å². The number of carboxylic acid groups (broad SMARTS) is 2. The van der Waals surface area contributed by atoms with Gasteiger partial charge in [-0.3, -0.25) is 9.59 Å². The molecule has 0 heterocycles. The zero-order chi connectivity index (χ0) is 33.0. The first kappa shape index (κ1) is 32.0. The van der Waals surface area contributed by atoms with Gasteiger partial charge < -0.3 is 14.9 Å². The Morgan fingerprint density at radius 3 is 2.11 bits per heavy atom. The Bertz CT molecular complexity index is 1510. The molecule has 7 heteroatoms. The number of rotatable bonds is 4. The Hall–Kier alpha value is -2.96. The molecule has 0 saturated heterocycles. The minimum Gasteiger partial charge on any atom is -0.481 e. The molecule has 0 aliphatic heterocycles. The molecule has 4 fully saturated rings. The van der Waals surface area contributed by atoms with Crippen LogP contribution in [0.5, 0.6) is 0 Å². The highest BCUT2D eigenvalue weighted by molar-refractivity contribution is 6.02. The van der Waals surface area contributed by atoms with Crippen molar-refractivity contribution in [2.45, 2.75) is 112 Å². The lowest BCUT2D eigenvalue weighted by molar-refractivity contribution is -0.202. The zero-order valence-electron chi connectivity index (χ0n) is 28.0. The normalized spacial score (nSPS) is 43.4. The fraction of sp³-hybridized carbons (Fsp3) is 0.684. The molecule has 7 nitrogen and oxygen atoms in total. The zero-order valence-corrected chi connectivity index (χ0v) is 28.0. The number of aliphatic carboxylic acids is 1. The van der Waals surface area contributed by atoms with Crippen molar-refractivity contribution in [3.8, 4) is 0 Å². The van der Waals surface area contributed by atoms with Crippen molar-refractivity contribution in [1.29, 1.82) is 0 Å². The van der Waals surface area contributed by atoms with Gasteiger partial charge in [-0.2, -0.15) is 0 Å². The van der Waals surface area contributed by atoms with Crippen molar-refractivity contribution >= 4 is 23.7 Å². The highest BCUT2D eigenvalue weighted by atomic mass is 16.5. The first-order valence-corrected chi connectivity index (χ1v) is 16.9. The van der Waals surface area contributed by atoms with Gasteiger partial charge in [-0.25, -0.2) is 9.59 Å². The number of benzene rings is 1. The van der Waals surface area contributed by atoms with Crippen LogP contribution >= 0.6 is 0 Å². The summed E-state index contributed by atoms with van der Waals surface area (Å²) in [5.41, 5.74) is -0.770. The molecule has 2 N–H and O–H groups in total. The summed E-state index contributed by atoms with van der Waals surface area (Å²) in [5, 5.41) is 19.8. The number of carbonyl (C=O) groups excluding carboxylic acids is 2. The van der Waals surface area contributed by atoms with Gasteiger partial charge in [0, 0.05) is 11.3 Å². The number of fused-ring (bicyclic) bond motifs is 7. The molecule has 6 rings (SSSR count). The molecular formula is C38H50O7. The van der Waals surface area contributed by atoms with Crippen LogP contribution in [0.25, 0.3) is 0 Å². The number of ketones is 1. The summed E-state index contributed by atoms with van der Waals surface area (Å²) in [6.07, 6.45) is 8.86. The Morgan fingerprint density at radius 1 is 0.822 bits per heavy atom. The minimum atomic E-state index is -1.16. The maximum absolute atomic E-state index is 14.6. The van der Waals surface area contributed by atoms with Crippen molar-refractivity contribution in [3.63, 3.8) is 0 Å². The van der Waals surface area contributed by atoms with E-state index in [2.05, 4.69) is 41.5 Å². The van der Waals surface area contributed by atoms with E-state index in [0.717, 1.165) is 38.5 Å². The third-order valence-electron chi connectivity index (χ3n) is 14.7. The predicted molar refractivity (Wildman–Crippen MR) is 170 cm³/mol. The number of carboxylic acids is 2. The topological polar surface area (TPSA) is 118 Å². The Balaban J connectivity index is 1.33. The summed E-state index contributed by atoms with van der Waals surface area (Å²) >= 11 is 0. The molecule has 0 aromatic heterocycles. The van der Waals surface area contributed by atoms with Crippen LogP contribution in [0.15, 0.2) is 35.9 Å². The smallest absolute Gasteiger partial charge is 0.339 e. The Kier molecular flexibility index (Phi) is 7.12. The van der Waals surface area contributed by atoms with Crippen LogP contribution in [0.2, 0.25) is 0 Å². The van der Waals surface area contributed by atoms with E-state index in [1.54, 1.807) is 12.1 Å². The van der Waals surface area contributed by atoms with Gasteiger partial charge in [0.2, 0.25) is 0 Å². The quantitative estimate of drug-likeness (QED) is 0.329. The van der Waals surface area contributed by atoms with E-state index < -0.39 is 34.8 Å². The lowest BCUT2D eigenvalue weighted by atomic mass is 9.33. The number of aromatic carboxylic acids is 1. The van der Waals surface area contributed by atoms with E-state index in [0.29, 0.717) is 19.3 Å². The third-order valence-corrected chi connectivity index (χ3v) is 14.7. The molecule has 0 spiro atoms. The highest BCUT2D eigenvalue weighted by Gasteiger charge is 2.70. The third kappa shape index (κ3) is 4.34.